The summed E-state index contributed by atoms with van der Waals surface area (Å²) in [5.41, 5.74) is 2.36. The lowest BCUT2D eigenvalue weighted by molar-refractivity contribution is 0.397. The van der Waals surface area contributed by atoms with E-state index in [0.717, 1.165) is 11.1 Å². The van der Waals surface area contributed by atoms with E-state index in [-0.39, 0.29) is 5.82 Å². The van der Waals surface area contributed by atoms with Gasteiger partial charge in [-0.1, -0.05) is 12.1 Å². The third-order valence-electron chi connectivity index (χ3n) is 3.58. The predicted octanol–water partition coefficient (Wildman–Crippen LogP) is 3.90. The van der Waals surface area contributed by atoms with Gasteiger partial charge in [-0.05, 0) is 50.2 Å². The van der Waals surface area contributed by atoms with Crippen LogP contribution in [0.1, 0.15) is 28.3 Å². The van der Waals surface area contributed by atoms with Crippen molar-refractivity contribution in [1.29, 1.82) is 0 Å². The largest absolute Gasteiger partial charge is 0.496 e. The number of methoxy groups -OCH3 is 1. The van der Waals surface area contributed by atoms with E-state index >= 15 is 0 Å². The first-order valence-corrected chi connectivity index (χ1v) is 6.76. The minimum Gasteiger partial charge on any atom is -0.496 e. The Balaban J connectivity index is 2.66. The molecule has 0 aliphatic rings. The highest BCUT2D eigenvalue weighted by Crippen LogP contribution is 2.35. The van der Waals surface area contributed by atoms with E-state index in [1.165, 1.54) is 19.2 Å². The zero-order valence-electron chi connectivity index (χ0n) is 12.6. The Hall–Kier alpha value is -1.94. The third kappa shape index (κ3) is 2.90. The number of halogens is 2. The molecule has 0 amide bonds. The molecule has 2 nitrogen and oxygen atoms in total. The summed E-state index contributed by atoms with van der Waals surface area (Å²) in [4.78, 5) is 0. The lowest BCUT2D eigenvalue weighted by Crippen LogP contribution is -2.22. The number of benzene rings is 2. The highest BCUT2D eigenvalue weighted by atomic mass is 19.1. The molecule has 0 saturated carbocycles. The summed E-state index contributed by atoms with van der Waals surface area (Å²) in [6.07, 6.45) is 0. The van der Waals surface area contributed by atoms with Gasteiger partial charge in [0.25, 0.3) is 0 Å². The molecule has 21 heavy (non-hydrogen) atoms. The maximum atomic E-state index is 14.4. The number of rotatable bonds is 4. The number of hydrogen-bond acceptors (Lipinski definition) is 2. The van der Waals surface area contributed by atoms with Crippen molar-refractivity contribution >= 4 is 0 Å². The number of hydrogen-bond donors (Lipinski definition) is 1. The summed E-state index contributed by atoms with van der Waals surface area (Å²) in [6, 6.07) is 7.33. The molecule has 0 heterocycles. The van der Waals surface area contributed by atoms with Gasteiger partial charge in [0.1, 0.15) is 17.4 Å². The summed E-state index contributed by atoms with van der Waals surface area (Å²) in [6.45, 7) is 3.65. The third-order valence-corrected chi connectivity index (χ3v) is 3.58. The van der Waals surface area contributed by atoms with Crippen molar-refractivity contribution < 1.29 is 13.5 Å². The van der Waals surface area contributed by atoms with Crippen molar-refractivity contribution in [2.45, 2.75) is 19.9 Å². The minimum absolute atomic E-state index is 0.313. The Kier molecular flexibility index (Phi) is 4.58. The smallest absolute Gasteiger partial charge is 0.132 e. The van der Waals surface area contributed by atoms with Crippen molar-refractivity contribution in [3.8, 4) is 5.75 Å². The van der Waals surface area contributed by atoms with Crippen LogP contribution in [0.3, 0.4) is 0 Å². The van der Waals surface area contributed by atoms with Gasteiger partial charge in [0.05, 0.1) is 18.7 Å². The summed E-state index contributed by atoms with van der Waals surface area (Å²) >= 11 is 0. The Morgan fingerprint density at radius 2 is 1.76 bits per heavy atom. The van der Waals surface area contributed by atoms with Gasteiger partial charge in [-0.3, -0.25) is 0 Å². The molecular weight excluding hydrogens is 272 g/mol. The fraction of sp³-hybridized carbons (Fsp3) is 0.294. The van der Waals surface area contributed by atoms with Gasteiger partial charge in [0.2, 0.25) is 0 Å². The van der Waals surface area contributed by atoms with Crippen molar-refractivity contribution in [3.63, 3.8) is 0 Å². The molecule has 1 unspecified atom stereocenters. The molecule has 2 aromatic rings. The van der Waals surface area contributed by atoms with Crippen LogP contribution < -0.4 is 10.1 Å². The van der Waals surface area contributed by atoms with E-state index in [2.05, 4.69) is 5.32 Å². The first-order valence-electron chi connectivity index (χ1n) is 6.76. The molecule has 0 radical (unpaired) electrons. The van der Waals surface area contributed by atoms with Crippen molar-refractivity contribution in [3.05, 3.63) is 64.2 Å². The Morgan fingerprint density at radius 1 is 1.05 bits per heavy atom. The minimum atomic E-state index is -0.609. The van der Waals surface area contributed by atoms with Crippen LogP contribution in [-0.4, -0.2) is 14.2 Å². The van der Waals surface area contributed by atoms with Crippen molar-refractivity contribution in [2.24, 2.45) is 0 Å². The van der Waals surface area contributed by atoms with Crippen LogP contribution in [0.2, 0.25) is 0 Å². The van der Waals surface area contributed by atoms with Gasteiger partial charge >= 0.3 is 0 Å². The van der Waals surface area contributed by atoms with Gasteiger partial charge in [-0.15, -0.1) is 0 Å². The van der Waals surface area contributed by atoms with E-state index in [1.807, 2.05) is 19.9 Å². The molecule has 2 aromatic carbocycles. The first kappa shape index (κ1) is 15.4. The first-order chi connectivity index (χ1) is 9.99. The van der Waals surface area contributed by atoms with E-state index in [1.54, 1.807) is 19.2 Å². The molecule has 0 aromatic heterocycles. The van der Waals surface area contributed by atoms with Crippen LogP contribution in [-0.2, 0) is 0 Å². The normalized spacial score (nSPS) is 12.3. The predicted molar refractivity (Wildman–Crippen MR) is 79.7 cm³/mol. The van der Waals surface area contributed by atoms with Gasteiger partial charge in [-0.25, -0.2) is 8.78 Å². The standard InChI is InChI=1S/C17H19F2NO/c1-10-8-11(2)15(13(19)9-10)17(20-3)16-12(18)6-5-7-14(16)21-4/h5-9,17,20H,1-4H3. The number of ether oxygens (including phenoxy) is 1. The molecule has 0 aliphatic carbocycles. The van der Waals surface area contributed by atoms with E-state index in [9.17, 15) is 8.78 Å². The molecular formula is C17H19F2NO. The van der Waals surface area contributed by atoms with Crippen molar-refractivity contribution in [1.82, 2.24) is 5.32 Å². The molecule has 0 spiro atoms. The summed E-state index contributed by atoms with van der Waals surface area (Å²) < 4.78 is 33.9. The molecule has 4 heteroatoms. The monoisotopic (exact) mass is 291 g/mol. The van der Waals surface area contributed by atoms with Crippen LogP contribution >= 0.6 is 0 Å². The van der Waals surface area contributed by atoms with Gasteiger partial charge in [0, 0.05) is 5.56 Å². The average Bonchev–Trinajstić information content (AvgIpc) is 2.43. The SMILES string of the molecule is CNC(c1c(C)cc(C)cc1F)c1c(F)cccc1OC. The molecule has 0 bridgehead atoms. The summed E-state index contributed by atoms with van der Waals surface area (Å²) in [5, 5.41) is 2.99. The van der Waals surface area contributed by atoms with Crippen LogP contribution in [0.15, 0.2) is 30.3 Å². The van der Waals surface area contributed by atoms with Crippen LogP contribution in [0.4, 0.5) is 8.78 Å². The molecule has 0 aliphatic heterocycles. The molecule has 112 valence electrons. The average molecular weight is 291 g/mol. The topological polar surface area (TPSA) is 21.3 Å². The maximum absolute atomic E-state index is 14.4. The molecule has 0 fully saturated rings. The second-order valence-electron chi connectivity index (χ2n) is 5.05. The second kappa shape index (κ2) is 6.22. The molecule has 2 rings (SSSR count). The zero-order valence-corrected chi connectivity index (χ0v) is 12.6. The lowest BCUT2D eigenvalue weighted by atomic mass is 9.92. The lowest BCUT2D eigenvalue weighted by Gasteiger charge is -2.23. The summed E-state index contributed by atoms with van der Waals surface area (Å²) in [5.74, 6) is -0.376. The van der Waals surface area contributed by atoms with Gasteiger partial charge < -0.3 is 10.1 Å². The molecule has 0 saturated heterocycles. The van der Waals surface area contributed by atoms with Gasteiger partial charge in [0.15, 0.2) is 0 Å². The van der Waals surface area contributed by atoms with Gasteiger partial charge in [-0.2, -0.15) is 0 Å². The highest BCUT2D eigenvalue weighted by Gasteiger charge is 2.25. The van der Waals surface area contributed by atoms with Crippen molar-refractivity contribution in [2.75, 3.05) is 14.2 Å². The fourth-order valence-corrected chi connectivity index (χ4v) is 2.70. The Morgan fingerprint density at radius 3 is 2.33 bits per heavy atom. The van der Waals surface area contributed by atoms with E-state index in [4.69, 9.17) is 4.74 Å². The van der Waals surface area contributed by atoms with Crippen LogP contribution in [0.25, 0.3) is 0 Å². The zero-order chi connectivity index (χ0) is 15.6. The highest BCUT2D eigenvalue weighted by molar-refractivity contribution is 5.46. The molecule has 1 N–H and O–H groups in total. The van der Waals surface area contributed by atoms with Crippen LogP contribution in [0.5, 0.6) is 5.75 Å². The van der Waals surface area contributed by atoms with Crippen LogP contribution in [0, 0.1) is 25.5 Å². The second-order valence-corrected chi connectivity index (χ2v) is 5.05. The maximum Gasteiger partial charge on any atom is 0.132 e. The summed E-state index contributed by atoms with van der Waals surface area (Å²) in [7, 11) is 3.15. The van der Waals surface area contributed by atoms with E-state index in [0.29, 0.717) is 16.9 Å². The quantitative estimate of drug-likeness (QED) is 0.922. The number of aryl methyl sites for hydroxylation is 2. The Bertz CT molecular complexity index is 632. The van der Waals surface area contributed by atoms with E-state index < -0.39 is 11.9 Å². The number of nitrogens with one attached hydrogen (secondary N) is 1. The fourth-order valence-electron chi connectivity index (χ4n) is 2.70. The Labute approximate surface area is 123 Å². The molecule has 1 atom stereocenters.